The van der Waals surface area contributed by atoms with Crippen LogP contribution in [0.5, 0.6) is 5.75 Å². The molecular formula is C20H20N2O5S2. The predicted octanol–water partition coefficient (Wildman–Crippen LogP) is 3.07. The number of imide groups is 1. The molecule has 1 heterocycles. The van der Waals surface area contributed by atoms with Crippen molar-refractivity contribution >= 4 is 39.0 Å². The van der Waals surface area contributed by atoms with Crippen LogP contribution in [0.4, 0.5) is 4.79 Å². The van der Waals surface area contributed by atoms with E-state index in [4.69, 9.17) is 4.74 Å². The first-order valence-electron chi connectivity index (χ1n) is 8.87. The monoisotopic (exact) mass is 432 g/mol. The first-order valence-corrected chi connectivity index (χ1v) is 11.2. The Labute approximate surface area is 173 Å². The number of thioether (sulfide) groups is 1. The molecule has 2 amide bonds. The summed E-state index contributed by atoms with van der Waals surface area (Å²) in [7, 11) is -3.52. The fourth-order valence-corrected chi connectivity index (χ4v) is 4.26. The summed E-state index contributed by atoms with van der Waals surface area (Å²) in [6, 6.07) is 13.7. The van der Waals surface area contributed by atoms with Crippen LogP contribution < -0.4 is 14.8 Å². The maximum atomic E-state index is 12.2. The minimum atomic E-state index is -3.52. The number of rotatable bonds is 8. The van der Waals surface area contributed by atoms with Gasteiger partial charge in [0.25, 0.3) is 11.1 Å². The van der Waals surface area contributed by atoms with Crippen molar-refractivity contribution < 1.29 is 22.7 Å². The van der Waals surface area contributed by atoms with Gasteiger partial charge in [0.2, 0.25) is 10.0 Å². The minimum absolute atomic E-state index is 0.240. The Morgan fingerprint density at radius 1 is 1.07 bits per heavy atom. The fourth-order valence-electron chi connectivity index (χ4n) is 2.50. The lowest BCUT2D eigenvalue weighted by Gasteiger charge is -2.09. The molecule has 0 aromatic heterocycles. The number of carbonyl (C=O) groups is 2. The molecule has 0 unspecified atom stereocenters. The lowest BCUT2D eigenvalue weighted by molar-refractivity contribution is -0.115. The minimum Gasteiger partial charge on any atom is -0.494 e. The molecule has 0 aliphatic carbocycles. The van der Waals surface area contributed by atoms with Crippen LogP contribution in [0, 0.1) is 6.92 Å². The molecule has 9 heteroatoms. The Bertz CT molecular complexity index is 1030. The summed E-state index contributed by atoms with van der Waals surface area (Å²) in [6.45, 7) is 2.51. The van der Waals surface area contributed by atoms with Gasteiger partial charge in [-0.15, -0.1) is 0 Å². The molecule has 0 atom stereocenters. The van der Waals surface area contributed by atoms with E-state index in [1.165, 1.54) is 0 Å². The van der Waals surface area contributed by atoms with Crippen LogP contribution >= 0.6 is 11.8 Å². The Hall–Kier alpha value is -2.62. The molecule has 0 bridgehead atoms. The van der Waals surface area contributed by atoms with Gasteiger partial charge in [0.15, 0.2) is 0 Å². The van der Waals surface area contributed by atoms with Crippen molar-refractivity contribution in [3.63, 3.8) is 0 Å². The molecule has 3 rings (SSSR count). The Balaban J connectivity index is 1.44. The number of sulfonamides is 1. The van der Waals surface area contributed by atoms with Gasteiger partial charge in [0, 0.05) is 6.54 Å². The molecule has 1 aliphatic heterocycles. The van der Waals surface area contributed by atoms with E-state index in [2.05, 4.69) is 10.0 Å². The van der Waals surface area contributed by atoms with Crippen LogP contribution in [0.2, 0.25) is 0 Å². The zero-order chi connectivity index (χ0) is 20.9. The zero-order valence-electron chi connectivity index (χ0n) is 15.7. The molecule has 1 saturated heterocycles. The first kappa shape index (κ1) is 21.1. The topological polar surface area (TPSA) is 102 Å². The lowest BCUT2D eigenvalue weighted by Crippen LogP contribution is -2.25. The van der Waals surface area contributed by atoms with Gasteiger partial charge in [-0.3, -0.25) is 14.9 Å². The van der Waals surface area contributed by atoms with Crippen LogP contribution in [0.15, 0.2) is 58.3 Å². The molecule has 7 nitrogen and oxygen atoms in total. The van der Waals surface area contributed by atoms with E-state index in [0.29, 0.717) is 23.7 Å². The van der Waals surface area contributed by atoms with E-state index in [0.717, 1.165) is 22.9 Å². The van der Waals surface area contributed by atoms with Gasteiger partial charge in [-0.05, 0) is 61.0 Å². The molecule has 2 aromatic rings. The highest BCUT2D eigenvalue weighted by molar-refractivity contribution is 8.18. The number of nitrogens with one attached hydrogen (secondary N) is 2. The first-order chi connectivity index (χ1) is 13.8. The van der Waals surface area contributed by atoms with Gasteiger partial charge >= 0.3 is 0 Å². The van der Waals surface area contributed by atoms with Crippen LogP contribution in [-0.2, 0) is 14.8 Å². The van der Waals surface area contributed by atoms with E-state index in [9.17, 15) is 18.0 Å². The molecular weight excluding hydrogens is 412 g/mol. The highest BCUT2D eigenvalue weighted by Gasteiger charge is 2.24. The molecule has 1 fully saturated rings. The van der Waals surface area contributed by atoms with Crippen molar-refractivity contribution in [2.24, 2.45) is 0 Å². The molecule has 0 spiro atoms. The number of amides is 2. The standard InChI is InChI=1S/C20H20N2O5S2/c1-14-3-9-17(10-4-14)29(25,26)21-11-2-12-27-16-7-5-15(6-8-16)13-18-19(23)22-20(24)28-18/h3-10,13,21H,2,11-12H2,1H3,(H,22,23,24)/b18-13-. The van der Waals surface area contributed by atoms with Gasteiger partial charge in [0.1, 0.15) is 5.75 Å². The maximum Gasteiger partial charge on any atom is 0.290 e. The third-order valence-corrected chi connectivity index (χ3v) is 6.32. The summed E-state index contributed by atoms with van der Waals surface area (Å²) in [5.74, 6) is 0.238. The van der Waals surface area contributed by atoms with Gasteiger partial charge in [-0.1, -0.05) is 29.8 Å². The van der Waals surface area contributed by atoms with E-state index < -0.39 is 15.9 Å². The highest BCUT2D eigenvalue weighted by atomic mass is 32.2. The Kier molecular flexibility index (Phi) is 6.73. The summed E-state index contributed by atoms with van der Waals surface area (Å²) in [5.41, 5.74) is 1.77. The van der Waals surface area contributed by atoms with Crippen LogP contribution in [0.3, 0.4) is 0 Å². The van der Waals surface area contributed by atoms with Crippen LogP contribution in [0.1, 0.15) is 17.5 Å². The highest BCUT2D eigenvalue weighted by Crippen LogP contribution is 2.26. The van der Waals surface area contributed by atoms with E-state index in [1.807, 2.05) is 6.92 Å². The molecule has 1 aliphatic rings. The number of carbonyl (C=O) groups excluding carboxylic acids is 2. The van der Waals surface area contributed by atoms with Gasteiger partial charge in [0.05, 0.1) is 16.4 Å². The second-order valence-corrected chi connectivity index (χ2v) is 9.12. The smallest absolute Gasteiger partial charge is 0.290 e. The number of hydrogen-bond donors (Lipinski definition) is 2. The van der Waals surface area contributed by atoms with Crippen molar-refractivity contribution in [1.29, 1.82) is 0 Å². The lowest BCUT2D eigenvalue weighted by atomic mass is 10.2. The number of ether oxygens (including phenoxy) is 1. The zero-order valence-corrected chi connectivity index (χ0v) is 17.3. The molecule has 2 aromatic carbocycles. The summed E-state index contributed by atoms with van der Waals surface area (Å²) in [5, 5.41) is 1.83. The Morgan fingerprint density at radius 2 is 1.76 bits per heavy atom. The molecule has 29 heavy (non-hydrogen) atoms. The normalized spacial score (nSPS) is 15.6. The Morgan fingerprint density at radius 3 is 2.38 bits per heavy atom. The predicted molar refractivity (Wildman–Crippen MR) is 112 cm³/mol. The molecule has 0 radical (unpaired) electrons. The molecule has 152 valence electrons. The second-order valence-electron chi connectivity index (χ2n) is 6.33. The van der Waals surface area contributed by atoms with Gasteiger partial charge in [-0.2, -0.15) is 0 Å². The quantitative estimate of drug-likeness (QED) is 0.491. The largest absolute Gasteiger partial charge is 0.494 e. The summed E-state index contributed by atoms with van der Waals surface area (Å²) in [6.07, 6.45) is 2.14. The second kappa shape index (κ2) is 9.25. The van der Waals surface area contributed by atoms with Crippen molar-refractivity contribution in [2.75, 3.05) is 13.2 Å². The van der Waals surface area contributed by atoms with E-state index >= 15 is 0 Å². The van der Waals surface area contributed by atoms with Crippen LogP contribution in [0.25, 0.3) is 6.08 Å². The number of aryl methyl sites for hydroxylation is 1. The van der Waals surface area contributed by atoms with Crippen molar-refractivity contribution in [3.8, 4) is 5.75 Å². The average molecular weight is 433 g/mol. The number of hydrogen-bond acceptors (Lipinski definition) is 6. The molecule has 2 N–H and O–H groups in total. The summed E-state index contributed by atoms with van der Waals surface area (Å²) >= 11 is 0.867. The van der Waals surface area contributed by atoms with E-state index in [-0.39, 0.29) is 16.7 Å². The third kappa shape index (κ3) is 5.93. The van der Waals surface area contributed by atoms with Crippen molar-refractivity contribution in [2.45, 2.75) is 18.2 Å². The summed E-state index contributed by atoms with van der Waals surface area (Å²) < 4.78 is 32.5. The summed E-state index contributed by atoms with van der Waals surface area (Å²) in [4.78, 5) is 23.3. The maximum absolute atomic E-state index is 12.2. The average Bonchev–Trinajstić information content (AvgIpc) is 3.00. The molecule has 0 saturated carbocycles. The van der Waals surface area contributed by atoms with E-state index in [1.54, 1.807) is 54.6 Å². The van der Waals surface area contributed by atoms with Crippen molar-refractivity contribution in [3.05, 3.63) is 64.6 Å². The third-order valence-electron chi connectivity index (χ3n) is 4.03. The van der Waals surface area contributed by atoms with Gasteiger partial charge in [-0.25, -0.2) is 13.1 Å². The number of benzene rings is 2. The van der Waals surface area contributed by atoms with Gasteiger partial charge < -0.3 is 4.74 Å². The van der Waals surface area contributed by atoms with Crippen molar-refractivity contribution in [1.82, 2.24) is 10.0 Å². The van der Waals surface area contributed by atoms with Crippen LogP contribution in [-0.4, -0.2) is 32.7 Å². The fraction of sp³-hybridized carbons (Fsp3) is 0.200. The SMILES string of the molecule is Cc1ccc(S(=O)(=O)NCCCOc2ccc(/C=C3\SC(=O)NC3=O)cc2)cc1.